The van der Waals surface area contributed by atoms with Gasteiger partial charge in [-0.15, -0.1) is 0 Å². The van der Waals surface area contributed by atoms with Crippen LogP contribution in [0.2, 0.25) is 0 Å². The summed E-state index contributed by atoms with van der Waals surface area (Å²) in [6, 6.07) is 42.3. The van der Waals surface area contributed by atoms with Gasteiger partial charge in [0.15, 0.2) is 0 Å². The van der Waals surface area contributed by atoms with Gasteiger partial charge in [0.05, 0.1) is 14.2 Å². The Morgan fingerprint density at radius 1 is 0.294 bits per heavy atom. The first-order valence-electron chi connectivity index (χ1n) is 18.7. The number of rotatable bonds is 6. The number of hydrogen-bond acceptors (Lipinski definition) is 2. The molecule has 0 amide bonds. The maximum absolute atomic E-state index is 5.13. The molecule has 5 aromatic carbocycles. The fraction of sp³-hybridized carbons (Fsp3) is 0.388. The van der Waals surface area contributed by atoms with Crippen LogP contribution in [0.3, 0.4) is 0 Å². The SMILES string of the molecule is C.CC.CC.CC.CC.CC.COc1ccc(Cc2ccc(OC)cc2)cc1.Cc1ccc(C)cc1.Cc1ccc(Cc2ccc(C)cc2)cc1. The summed E-state index contributed by atoms with van der Waals surface area (Å²) >= 11 is 0. The molecule has 5 rings (SSSR count). The van der Waals surface area contributed by atoms with Crippen LogP contribution in [0.5, 0.6) is 11.5 Å². The van der Waals surface area contributed by atoms with Gasteiger partial charge < -0.3 is 9.47 Å². The van der Waals surface area contributed by atoms with Gasteiger partial charge in [0, 0.05) is 0 Å². The lowest BCUT2D eigenvalue weighted by molar-refractivity contribution is 0.414. The quantitative estimate of drug-likeness (QED) is 0.176. The zero-order valence-electron chi connectivity index (χ0n) is 34.8. The zero-order chi connectivity index (χ0) is 38.7. The Kier molecular flexibility index (Phi) is 38.8. The van der Waals surface area contributed by atoms with Gasteiger partial charge in [-0.1, -0.05) is 196 Å². The normalized spacial score (nSPS) is 8.39. The summed E-state index contributed by atoms with van der Waals surface area (Å²) in [7, 11) is 3.36. The molecule has 51 heavy (non-hydrogen) atoms. The van der Waals surface area contributed by atoms with E-state index in [0.29, 0.717) is 0 Å². The van der Waals surface area contributed by atoms with E-state index in [2.05, 4.69) is 125 Å². The lowest BCUT2D eigenvalue weighted by Gasteiger charge is -2.05. The van der Waals surface area contributed by atoms with Crippen molar-refractivity contribution in [2.75, 3.05) is 14.2 Å². The van der Waals surface area contributed by atoms with Crippen LogP contribution in [-0.4, -0.2) is 14.2 Å². The van der Waals surface area contributed by atoms with E-state index >= 15 is 0 Å². The molecule has 2 heteroatoms. The third-order valence-corrected chi connectivity index (χ3v) is 6.59. The number of ether oxygens (including phenoxy) is 2. The van der Waals surface area contributed by atoms with Crippen LogP contribution < -0.4 is 9.47 Å². The summed E-state index contributed by atoms with van der Waals surface area (Å²) < 4.78 is 10.3. The van der Waals surface area contributed by atoms with E-state index in [0.717, 1.165) is 24.3 Å². The fourth-order valence-electron chi connectivity index (χ4n) is 4.01. The molecular formula is C49H76O2. The molecule has 0 fully saturated rings. The van der Waals surface area contributed by atoms with Crippen LogP contribution in [0.25, 0.3) is 0 Å². The largest absolute Gasteiger partial charge is 0.497 e. The van der Waals surface area contributed by atoms with Crippen LogP contribution >= 0.6 is 0 Å². The third-order valence-electron chi connectivity index (χ3n) is 6.59. The molecule has 0 aliphatic rings. The van der Waals surface area contributed by atoms with Gasteiger partial charge in [0.25, 0.3) is 0 Å². The van der Waals surface area contributed by atoms with Crippen LogP contribution in [0.1, 0.15) is 121 Å². The second-order valence-corrected chi connectivity index (χ2v) is 10.2. The fourth-order valence-corrected chi connectivity index (χ4v) is 4.01. The van der Waals surface area contributed by atoms with Crippen molar-refractivity contribution in [2.24, 2.45) is 0 Å². The highest BCUT2D eigenvalue weighted by Gasteiger charge is 1.98. The summed E-state index contributed by atoms with van der Waals surface area (Å²) in [5.74, 6) is 1.78. The van der Waals surface area contributed by atoms with Gasteiger partial charge in [-0.25, -0.2) is 0 Å². The number of methoxy groups -OCH3 is 2. The minimum absolute atomic E-state index is 0. The maximum Gasteiger partial charge on any atom is 0.118 e. The lowest BCUT2D eigenvalue weighted by Crippen LogP contribution is -1.89. The van der Waals surface area contributed by atoms with E-state index in [1.807, 2.05) is 93.5 Å². The van der Waals surface area contributed by atoms with Gasteiger partial charge >= 0.3 is 0 Å². The average molecular weight is 697 g/mol. The predicted molar refractivity (Wildman–Crippen MR) is 233 cm³/mol. The summed E-state index contributed by atoms with van der Waals surface area (Å²) in [4.78, 5) is 0. The molecule has 5 aromatic rings. The summed E-state index contributed by atoms with van der Waals surface area (Å²) in [5, 5.41) is 0. The lowest BCUT2D eigenvalue weighted by atomic mass is 10.0. The minimum atomic E-state index is 0. The molecule has 0 radical (unpaired) electrons. The Balaban J connectivity index is -0.000000297. The maximum atomic E-state index is 5.13. The van der Waals surface area contributed by atoms with E-state index < -0.39 is 0 Å². The molecule has 0 aromatic heterocycles. The molecule has 0 heterocycles. The molecule has 2 nitrogen and oxygen atoms in total. The van der Waals surface area contributed by atoms with E-state index in [9.17, 15) is 0 Å². The van der Waals surface area contributed by atoms with E-state index in [1.165, 1.54) is 44.5 Å². The van der Waals surface area contributed by atoms with Crippen molar-refractivity contribution in [3.63, 3.8) is 0 Å². The second-order valence-electron chi connectivity index (χ2n) is 10.2. The Morgan fingerprint density at radius 3 is 0.627 bits per heavy atom. The van der Waals surface area contributed by atoms with Crippen molar-refractivity contribution in [1.29, 1.82) is 0 Å². The molecule has 0 bridgehead atoms. The van der Waals surface area contributed by atoms with Gasteiger partial charge in [-0.2, -0.15) is 0 Å². The van der Waals surface area contributed by atoms with E-state index in [4.69, 9.17) is 9.47 Å². The van der Waals surface area contributed by atoms with Crippen LogP contribution in [0, 0.1) is 27.7 Å². The molecule has 0 aliphatic heterocycles. The van der Waals surface area contributed by atoms with Crippen molar-refractivity contribution in [2.45, 2.75) is 117 Å². The van der Waals surface area contributed by atoms with Gasteiger partial charge in [0.1, 0.15) is 11.5 Å². The first kappa shape index (κ1) is 53.5. The number of hydrogen-bond donors (Lipinski definition) is 0. The first-order valence-corrected chi connectivity index (χ1v) is 18.7. The molecule has 0 aliphatic carbocycles. The molecule has 0 N–H and O–H groups in total. The molecule has 284 valence electrons. The Labute approximate surface area is 317 Å². The van der Waals surface area contributed by atoms with Crippen molar-refractivity contribution in [1.82, 2.24) is 0 Å². The van der Waals surface area contributed by atoms with E-state index in [-0.39, 0.29) is 7.43 Å². The highest BCUT2D eigenvalue weighted by molar-refractivity contribution is 5.34. The standard InChI is InChI=1S/C15H16O2.C15H16.C8H10.5C2H6.CH4/c1-16-14-7-3-12(4-8-14)11-13-5-9-15(17-2)10-6-13;1-12-3-7-14(8-4-12)11-15-9-5-13(2)6-10-15;1-7-3-5-8(2)6-4-7;5*1-2;/h3-10H,11H2,1-2H3;3-10H,11H2,1-2H3;3-6H,1-2H3;5*1-2H3;1H4. The monoisotopic (exact) mass is 697 g/mol. The first-order chi connectivity index (χ1) is 24.3. The summed E-state index contributed by atoms with van der Waals surface area (Å²) in [5.41, 5.74) is 10.6. The van der Waals surface area contributed by atoms with Crippen LogP contribution in [-0.2, 0) is 12.8 Å². The zero-order valence-corrected chi connectivity index (χ0v) is 34.8. The highest BCUT2D eigenvalue weighted by Crippen LogP contribution is 2.17. The Hall–Kier alpha value is -4.30. The Bertz CT molecular complexity index is 1270. The molecule has 0 saturated carbocycles. The minimum Gasteiger partial charge on any atom is -0.497 e. The molecular weight excluding hydrogens is 621 g/mol. The van der Waals surface area contributed by atoms with Crippen molar-refractivity contribution in [3.05, 3.63) is 166 Å². The van der Waals surface area contributed by atoms with Crippen molar-refractivity contribution in [3.8, 4) is 11.5 Å². The predicted octanol–water partition coefficient (Wildman–Crippen LogP) is 15.3. The molecule has 0 unspecified atom stereocenters. The van der Waals surface area contributed by atoms with Gasteiger partial charge in [0.2, 0.25) is 0 Å². The molecule has 0 spiro atoms. The summed E-state index contributed by atoms with van der Waals surface area (Å²) in [6.07, 6.45) is 1.95. The summed E-state index contributed by atoms with van der Waals surface area (Å²) in [6.45, 7) is 28.4. The van der Waals surface area contributed by atoms with Gasteiger partial charge in [-0.3, -0.25) is 0 Å². The van der Waals surface area contributed by atoms with Crippen molar-refractivity contribution >= 4 is 0 Å². The third kappa shape index (κ3) is 26.2. The smallest absolute Gasteiger partial charge is 0.118 e. The average Bonchev–Trinajstić information content (AvgIpc) is 3.20. The number of benzene rings is 5. The van der Waals surface area contributed by atoms with Crippen LogP contribution in [0.15, 0.2) is 121 Å². The molecule has 0 atom stereocenters. The topological polar surface area (TPSA) is 18.5 Å². The van der Waals surface area contributed by atoms with Crippen molar-refractivity contribution < 1.29 is 9.47 Å². The van der Waals surface area contributed by atoms with Gasteiger partial charge in [-0.05, 0) is 87.1 Å². The molecule has 0 saturated heterocycles. The second kappa shape index (κ2) is 37.0. The number of aryl methyl sites for hydroxylation is 4. The highest BCUT2D eigenvalue weighted by atomic mass is 16.5. The Morgan fingerprint density at radius 2 is 0.451 bits per heavy atom. The van der Waals surface area contributed by atoms with Crippen LogP contribution in [0.4, 0.5) is 0 Å². The van der Waals surface area contributed by atoms with E-state index in [1.54, 1.807) is 14.2 Å².